The minimum Gasteiger partial charge on any atom is -0.469 e. The predicted molar refractivity (Wildman–Crippen MR) is 80.6 cm³/mol. The third-order valence-electron chi connectivity index (χ3n) is 2.90. The Labute approximate surface area is 137 Å². The van der Waals surface area contributed by atoms with Crippen LogP contribution in [0.3, 0.4) is 0 Å². The molecule has 0 saturated heterocycles. The van der Waals surface area contributed by atoms with Crippen molar-refractivity contribution in [3.63, 3.8) is 0 Å². The highest BCUT2D eigenvalue weighted by molar-refractivity contribution is 5.89. The Balaban J connectivity index is 2.28. The SMILES string of the molecule is COC(=O)CCCCCNC(=O)Nc1cccc(OC(F)(F)F)c1. The van der Waals surface area contributed by atoms with E-state index in [1.807, 2.05) is 0 Å². The number of nitrogens with one attached hydrogen (secondary N) is 2. The molecule has 0 aromatic heterocycles. The highest BCUT2D eigenvalue weighted by Crippen LogP contribution is 2.24. The Bertz CT molecular complexity index is 550. The summed E-state index contributed by atoms with van der Waals surface area (Å²) in [5, 5.41) is 4.99. The molecular weight excluding hydrogens is 329 g/mol. The maximum absolute atomic E-state index is 12.1. The minimum absolute atomic E-state index is 0.181. The number of unbranched alkanes of at least 4 members (excludes halogenated alkanes) is 2. The molecule has 0 saturated carbocycles. The van der Waals surface area contributed by atoms with Crippen LogP contribution in [-0.2, 0) is 9.53 Å². The average Bonchev–Trinajstić information content (AvgIpc) is 2.49. The summed E-state index contributed by atoms with van der Waals surface area (Å²) in [5.41, 5.74) is 0.181. The molecule has 0 atom stereocenters. The van der Waals surface area contributed by atoms with E-state index < -0.39 is 18.1 Å². The fraction of sp³-hybridized carbons (Fsp3) is 0.467. The van der Waals surface area contributed by atoms with Gasteiger partial charge in [0.25, 0.3) is 0 Å². The van der Waals surface area contributed by atoms with Crippen LogP contribution in [-0.4, -0.2) is 32.0 Å². The maximum Gasteiger partial charge on any atom is 0.573 e. The van der Waals surface area contributed by atoms with Crippen molar-refractivity contribution in [3.05, 3.63) is 24.3 Å². The monoisotopic (exact) mass is 348 g/mol. The number of esters is 1. The van der Waals surface area contributed by atoms with Crippen molar-refractivity contribution in [2.24, 2.45) is 0 Å². The zero-order chi connectivity index (χ0) is 18.0. The fourth-order valence-corrected chi connectivity index (χ4v) is 1.82. The summed E-state index contributed by atoms with van der Waals surface area (Å²) in [7, 11) is 1.32. The molecule has 0 radical (unpaired) electrons. The molecular formula is C15H19F3N2O4. The zero-order valence-corrected chi connectivity index (χ0v) is 13.1. The van der Waals surface area contributed by atoms with Gasteiger partial charge in [0, 0.05) is 24.7 Å². The summed E-state index contributed by atoms with van der Waals surface area (Å²) in [6.07, 6.45) is -2.39. The zero-order valence-electron chi connectivity index (χ0n) is 13.1. The van der Waals surface area contributed by atoms with Gasteiger partial charge >= 0.3 is 18.4 Å². The Morgan fingerprint density at radius 1 is 1.17 bits per heavy atom. The normalized spacial score (nSPS) is 10.8. The second kappa shape index (κ2) is 9.64. The summed E-state index contributed by atoms with van der Waals surface area (Å²) >= 11 is 0. The quantitative estimate of drug-likeness (QED) is 0.557. The van der Waals surface area contributed by atoms with E-state index in [-0.39, 0.29) is 11.7 Å². The molecule has 0 fully saturated rings. The molecule has 1 aromatic carbocycles. The molecule has 0 spiro atoms. The fourth-order valence-electron chi connectivity index (χ4n) is 1.82. The van der Waals surface area contributed by atoms with Crippen LogP contribution in [0.2, 0.25) is 0 Å². The molecule has 0 aliphatic heterocycles. The smallest absolute Gasteiger partial charge is 0.469 e. The number of amides is 2. The van der Waals surface area contributed by atoms with Crippen molar-refractivity contribution in [2.75, 3.05) is 19.0 Å². The summed E-state index contributed by atoms with van der Waals surface area (Å²) in [6.45, 7) is 0.381. The number of carbonyl (C=O) groups is 2. The number of rotatable bonds is 8. The van der Waals surface area contributed by atoms with E-state index >= 15 is 0 Å². The first-order valence-electron chi connectivity index (χ1n) is 7.27. The number of benzene rings is 1. The first-order chi connectivity index (χ1) is 11.3. The Morgan fingerprint density at radius 2 is 1.92 bits per heavy atom. The Morgan fingerprint density at radius 3 is 2.58 bits per heavy atom. The number of anilines is 1. The molecule has 1 rings (SSSR count). The van der Waals surface area contributed by atoms with Gasteiger partial charge in [0.1, 0.15) is 5.75 Å². The lowest BCUT2D eigenvalue weighted by molar-refractivity contribution is -0.274. The number of hydrogen-bond acceptors (Lipinski definition) is 4. The molecule has 0 aliphatic carbocycles. The highest BCUT2D eigenvalue weighted by Gasteiger charge is 2.31. The van der Waals surface area contributed by atoms with Gasteiger partial charge in [0.05, 0.1) is 7.11 Å². The van der Waals surface area contributed by atoms with Crippen molar-refractivity contribution in [3.8, 4) is 5.75 Å². The van der Waals surface area contributed by atoms with E-state index in [4.69, 9.17) is 0 Å². The first-order valence-corrected chi connectivity index (χ1v) is 7.27. The molecule has 134 valence electrons. The molecule has 0 aliphatic rings. The predicted octanol–water partition coefficient (Wildman–Crippen LogP) is 3.44. The number of hydrogen-bond donors (Lipinski definition) is 2. The van der Waals surface area contributed by atoms with E-state index in [2.05, 4.69) is 20.1 Å². The van der Waals surface area contributed by atoms with Crippen molar-refractivity contribution in [1.29, 1.82) is 0 Å². The number of alkyl halides is 3. The highest BCUT2D eigenvalue weighted by atomic mass is 19.4. The number of methoxy groups -OCH3 is 1. The lowest BCUT2D eigenvalue weighted by atomic mass is 10.2. The molecule has 2 N–H and O–H groups in total. The lowest BCUT2D eigenvalue weighted by Gasteiger charge is -2.11. The van der Waals surface area contributed by atoms with Crippen molar-refractivity contribution < 1.29 is 32.2 Å². The number of ether oxygens (including phenoxy) is 2. The Kier molecular flexibility index (Phi) is 7.87. The van der Waals surface area contributed by atoms with Gasteiger partial charge in [0.15, 0.2) is 0 Å². The van der Waals surface area contributed by atoms with Gasteiger partial charge in [-0.3, -0.25) is 4.79 Å². The van der Waals surface area contributed by atoms with E-state index in [0.717, 1.165) is 18.6 Å². The van der Waals surface area contributed by atoms with Gasteiger partial charge in [-0.15, -0.1) is 13.2 Å². The van der Waals surface area contributed by atoms with Crippen LogP contribution in [0.4, 0.5) is 23.7 Å². The minimum atomic E-state index is -4.79. The van der Waals surface area contributed by atoms with Crippen molar-refractivity contribution >= 4 is 17.7 Å². The molecule has 0 heterocycles. The summed E-state index contributed by atoms with van der Waals surface area (Å²) in [6, 6.07) is 4.45. The van der Waals surface area contributed by atoms with E-state index in [1.165, 1.54) is 19.2 Å². The Hall–Kier alpha value is -2.45. The van der Waals surface area contributed by atoms with Crippen LogP contribution in [0.15, 0.2) is 24.3 Å². The van der Waals surface area contributed by atoms with Gasteiger partial charge in [-0.05, 0) is 25.0 Å². The number of halogens is 3. The molecule has 1 aromatic rings. The van der Waals surface area contributed by atoms with Gasteiger partial charge in [-0.2, -0.15) is 0 Å². The van der Waals surface area contributed by atoms with Crippen LogP contribution < -0.4 is 15.4 Å². The van der Waals surface area contributed by atoms with E-state index in [0.29, 0.717) is 25.8 Å². The van der Waals surface area contributed by atoms with Crippen LogP contribution in [0.5, 0.6) is 5.75 Å². The van der Waals surface area contributed by atoms with Crippen LogP contribution >= 0.6 is 0 Å². The summed E-state index contributed by atoms with van der Waals surface area (Å²) in [4.78, 5) is 22.5. The van der Waals surface area contributed by atoms with Crippen LogP contribution in [0.25, 0.3) is 0 Å². The largest absolute Gasteiger partial charge is 0.573 e. The van der Waals surface area contributed by atoms with E-state index in [9.17, 15) is 22.8 Å². The maximum atomic E-state index is 12.1. The van der Waals surface area contributed by atoms with Crippen LogP contribution in [0.1, 0.15) is 25.7 Å². The summed E-state index contributed by atoms with van der Waals surface area (Å²) in [5.74, 6) is -0.690. The molecule has 24 heavy (non-hydrogen) atoms. The van der Waals surface area contributed by atoms with Gasteiger partial charge in [-0.1, -0.05) is 12.5 Å². The number of carbonyl (C=O) groups excluding carboxylic acids is 2. The number of urea groups is 1. The summed E-state index contributed by atoms with van der Waals surface area (Å²) < 4.78 is 44.6. The third-order valence-corrected chi connectivity index (χ3v) is 2.90. The van der Waals surface area contributed by atoms with Crippen LogP contribution in [0, 0.1) is 0 Å². The van der Waals surface area contributed by atoms with E-state index in [1.54, 1.807) is 0 Å². The van der Waals surface area contributed by atoms with Crippen molar-refractivity contribution in [2.45, 2.75) is 32.0 Å². The molecule has 9 heteroatoms. The molecule has 0 bridgehead atoms. The second-order valence-electron chi connectivity index (χ2n) is 4.84. The van der Waals surface area contributed by atoms with Gasteiger partial charge in [-0.25, -0.2) is 4.79 Å². The standard InChI is InChI=1S/C15H19F3N2O4/c1-23-13(21)8-3-2-4-9-19-14(22)20-11-6-5-7-12(10-11)24-15(16,17)18/h5-7,10H,2-4,8-9H2,1H3,(H2,19,20,22). The molecule has 6 nitrogen and oxygen atoms in total. The van der Waals surface area contributed by atoms with Crippen molar-refractivity contribution in [1.82, 2.24) is 5.32 Å². The van der Waals surface area contributed by atoms with Gasteiger partial charge in [0.2, 0.25) is 0 Å². The third kappa shape index (κ3) is 8.86. The lowest BCUT2D eigenvalue weighted by Crippen LogP contribution is -2.29. The molecule has 2 amide bonds. The molecule has 0 unspecified atom stereocenters. The van der Waals surface area contributed by atoms with Gasteiger partial charge < -0.3 is 20.1 Å². The second-order valence-corrected chi connectivity index (χ2v) is 4.84. The topological polar surface area (TPSA) is 76.7 Å². The first kappa shape index (κ1) is 19.6. The average molecular weight is 348 g/mol.